The van der Waals surface area contributed by atoms with Crippen molar-refractivity contribution in [3.05, 3.63) is 39.3 Å². The topological polar surface area (TPSA) is 58.1 Å². The van der Waals surface area contributed by atoms with Gasteiger partial charge in [0.25, 0.3) is 0 Å². The lowest BCUT2D eigenvalue weighted by Crippen LogP contribution is -2.32. The maximum atomic E-state index is 12.0. The first-order chi connectivity index (χ1) is 9.95. The van der Waals surface area contributed by atoms with Crippen molar-refractivity contribution in [2.75, 3.05) is 18.9 Å². The molecule has 7 heteroatoms. The number of carbonyl (C=O) groups excluding carboxylic acids is 1. The molecule has 5 nitrogen and oxygen atoms in total. The van der Waals surface area contributed by atoms with E-state index in [1.807, 2.05) is 25.8 Å². The molecule has 0 saturated heterocycles. The second-order valence-electron chi connectivity index (χ2n) is 4.81. The molecule has 0 aliphatic heterocycles. The molecule has 0 aliphatic rings. The number of amides is 1. The minimum atomic E-state index is -0.0900. The largest absolute Gasteiger partial charge is 0.325 e. The molecule has 1 heterocycles. The molecule has 1 aromatic heterocycles. The Kier molecular flexibility index (Phi) is 5.27. The lowest BCUT2D eigenvalue weighted by molar-refractivity contribution is -0.117. The summed E-state index contributed by atoms with van der Waals surface area (Å²) in [6, 6.07) is 7.14. The molecule has 0 unspecified atom stereocenters. The Morgan fingerprint density at radius 1 is 1.48 bits per heavy atom. The van der Waals surface area contributed by atoms with Gasteiger partial charge in [-0.05, 0) is 39.1 Å². The average molecular weight is 325 g/mol. The maximum Gasteiger partial charge on any atom is 0.238 e. The highest BCUT2D eigenvalue weighted by Gasteiger charge is 2.18. The number of carbonyl (C=O) groups is 1. The lowest BCUT2D eigenvalue weighted by atomic mass is 10.3. The van der Waals surface area contributed by atoms with Crippen LogP contribution in [0, 0.1) is 6.92 Å². The summed E-state index contributed by atoms with van der Waals surface area (Å²) >= 11 is 7.44. The van der Waals surface area contributed by atoms with Gasteiger partial charge in [-0.2, -0.15) is 0 Å². The van der Waals surface area contributed by atoms with E-state index in [4.69, 9.17) is 11.6 Å². The smallest absolute Gasteiger partial charge is 0.238 e. The summed E-state index contributed by atoms with van der Waals surface area (Å²) < 4.78 is 0. The van der Waals surface area contributed by atoms with Crippen LogP contribution >= 0.6 is 22.9 Å². The van der Waals surface area contributed by atoms with Gasteiger partial charge >= 0.3 is 0 Å². The van der Waals surface area contributed by atoms with E-state index in [0.29, 0.717) is 10.7 Å². The summed E-state index contributed by atoms with van der Waals surface area (Å²) in [5.74, 6) is -0.0900. The molecule has 0 aliphatic carbocycles. The molecule has 2 aromatic rings. The number of hydrogen-bond donors (Lipinski definition) is 1. The van der Waals surface area contributed by atoms with Gasteiger partial charge in [0.1, 0.15) is 10.0 Å². The van der Waals surface area contributed by atoms with Crippen molar-refractivity contribution < 1.29 is 4.79 Å². The highest BCUT2D eigenvalue weighted by molar-refractivity contribution is 7.11. The molecule has 2 rings (SSSR count). The molecule has 1 amide bonds. The number of hydrogen-bond acceptors (Lipinski definition) is 5. The number of halogens is 1. The number of nitrogens with one attached hydrogen (secondary N) is 1. The van der Waals surface area contributed by atoms with E-state index in [9.17, 15) is 4.79 Å². The number of aryl methyl sites for hydroxylation is 1. The molecule has 21 heavy (non-hydrogen) atoms. The fourth-order valence-electron chi connectivity index (χ4n) is 1.80. The first-order valence-electron chi connectivity index (χ1n) is 6.51. The maximum absolute atomic E-state index is 12.0. The van der Waals surface area contributed by atoms with E-state index in [1.54, 1.807) is 35.6 Å². The van der Waals surface area contributed by atoms with Gasteiger partial charge in [0, 0.05) is 10.7 Å². The van der Waals surface area contributed by atoms with E-state index in [2.05, 4.69) is 15.5 Å². The van der Waals surface area contributed by atoms with Crippen LogP contribution in [0.5, 0.6) is 0 Å². The second-order valence-corrected chi connectivity index (χ2v) is 6.46. The third-order valence-electron chi connectivity index (χ3n) is 3.06. The van der Waals surface area contributed by atoms with Gasteiger partial charge in [-0.3, -0.25) is 9.69 Å². The Balaban J connectivity index is 1.92. The molecule has 0 saturated carbocycles. The standard InChI is InChI=1S/C14H17ClN4OS/c1-9(14-18-17-10(2)21-14)19(3)8-13(20)16-12-6-4-5-11(15)7-12/h4-7,9H,8H2,1-3H3,(H,16,20)/t9-/m1/s1. The first kappa shape index (κ1) is 15.9. The zero-order chi connectivity index (χ0) is 15.4. The van der Waals surface area contributed by atoms with Crippen LogP contribution < -0.4 is 5.32 Å². The molecule has 112 valence electrons. The lowest BCUT2D eigenvalue weighted by Gasteiger charge is -2.21. The summed E-state index contributed by atoms with van der Waals surface area (Å²) in [5, 5.41) is 13.4. The van der Waals surface area contributed by atoms with Gasteiger partial charge in [-0.25, -0.2) is 0 Å². The zero-order valence-corrected chi connectivity index (χ0v) is 13.7. The normalized spacial score (nSPS) is 12.4. The van der Waals surface area contributed by atoms with Crippen LogP contribution in [0.4, 0.5) is 5.69 Å². The van der Waals surface area contributed by atoms with Crippen LogP contribution in [0.15, 0.2) is 24.3 Å². The van der Waals surface area contributed by atoms with Crippen molar-refractivity contribution in [3.8, 4) is 0 Å². The summed E-state index contributed by atoms with van der Waals surface area (Å²) in [6.07, 6.45) is 0. The molecule has 1 atom stereocenters. The summed E-state index contributed by atoms with van der Waals surface area (Å²) in [7, 11) is 1.89. The van der Waals surface area contributed by atoms with Crippen molar-refractivity contribution in [1.29, 1.82) is 0 Å². The molecule has 1 aromatic carbocycles. The number of likely N-dealkylation sites (N-methyl/N-ethyl adjacent to an activating group) is 1. The Hall–Kier alpha value is -1.50. The highest BCUT2D eigenvalue weighted by atomic mass is 35.5. The second kappa shape index (κ2) is 6.98. The minimum Gasteiger partial charge on any atom is -0.325 e. The van der Waals surface area contributed by atoms with Crippen LogP contribution in [0.3, 0.4) is 0 Å². The van der Waals surface area contributed by atoms with Gasteiger partial charge in [0.2, 0.25) is 5.91 Å². The molecular weight excluding hydrogens is 308 g/mol. The average Bonchev–Trinajstić information content (AvgIpc) is 2.84. The Bertz CT molecular complexity index is 631. The summed E-state index contributed by atoms with van der Waals surface area (Å²) in [5.41, 5.74) is 0.695. The highest BCUT2D eigenvalue weighted by Crippen LogP contribution is 2.22. The number of nitrogens with zero attached hydrogens (tertiary/aromatic N) is 3. The molecule has 0 fully saturated rings. The third-order valence-corrected chi connectivity index (χ3v) is 4.31. The van der Waals surface area contributed by atoms with Gasteiger partial charge in [-0.15, -0.1) is 21.5 Å². The van der Waals surface area contributed by atoms with Crippen LogP contribution in [-0.4, -0.2) is 34.6 Å². The van der Waals surface area contributed by atoms with Crippen LogP contribution in [0.2, 0.25) is 5.02 Å². The van der Waals surface area contributed by atoms with Crippen LogP contribution in [0.1, 0.15) is 23.0 Å². The van der Waals surface area contributed by atoms with Gasteiger partial charge in [0.05, 0.1) is 12.6 Å². The number of benzene rings is 1. The van der Waals surface area contributed by atoms with Crippen molar-refractivity contribution >= 4 is 34.5 Å². The predicted octanol–water partition coefficient (Wildman–Crippen LogP) is 3.13. The number of anilines is 1. The number of rotatable bonds is 5. The minimum absolute atomic E-state index is 0.0429. The van der Waals surface area contributed by atoms with Crippen LogP contribution in [0.25, 0.3) is 0 Å². The molecule has 0 spiro atoms. The number of aromatic nitrogens is 2. The first-order valence-corrected chi connectivity index (χ1v) is 7.71. The van der Waals surface area contributed by atoms with Crippen molar-refractivity contribution in [3.63, 3.8) is 0 Å². The summed E-state index contributed by atoms with van der Waals surface area (Å²) in [4.78, 5) is 14.0. The van der Waals surface area contributed by atoms with E-state index in [-0.39, 0.29) is 18.5 Å². The molecule has 0 bridgehead atoms. The fourth-order valence-corrected chi connectivity index (χ4v) is 2.81. The van der Waals surface area contributed by atoms with E-state index >= 15 is 0 Å². The van der Waals surface area contributed by atoms with E-state index in [0.717, 1.165) is 10.0 Å². The Morgan fingerprint density at radius 3 is 2.86 bits per heavy atom. The molecule has 0 radical (unpaired) electrons. The Labute approximate surface area is 133 Å². The van der Waals surface area contributed by atoms with E-state index in [1.165, 1.54) is 0 Å². The van der Waals surface area contributed by atoms with Gasteiger partial charge in [0.15, 0.2) is 0 Å². The van der Waals surface area contributed by atoms with E-state index < -0.39 is 0 Å². The predicted molar refractivity (Wildman–Crippen MR) is 85.8 cm³/mol. The summed E-state index contributed by atoms with van der Waals surface area (Å²) in [6.45, 7) is 4.19. The van der Waals surface area contributed by atoms with Crippen molar-refractivity contribution in [1.82, 2.24) is 15.1 Å². The van der Waals surface area contributed by atoms with Gasteiger partial charge < -0.3 is 5.32 Å². The van der Waals surface area contributed by atoms with Crippen molar-refractivity contribution in [2.24, 2.45) is 0 Å². The SMILES string of the molecule is Cc1nnc([C@@H](C)N(C)CC(=O)Nc2cccc(Cl)c2)s1. The van der Waals surface area contributed by atoms with Crippen molar-refractivity contribution in [2.45, 2.75) is 19.9 Å². The molecular formula is C14H17ClN4OS. The monoisotopic (exact) mass is 324 g/mol. The fraction of sp³-hybridized carbons (Fsp3) is 0.357. The van der Waals surface area contributed by atoms with Gasteiger partial charge in [-0.1, -0.05) is 17.7 Å². The zero-order valence-electron chi connectivity index (χ0n) is 12.1. The Morgan fingerprint density at radius 2 is 2.24 bits per heavy atom. The van der Waals surface area contributed by atoms with Crippen LogP contribution in [-0.2, 0) is 4.79 Å². The third kappa shape index (κ3) is 4.49. The molecule has 1 N–H and O–H groups in total. The quantitative estimate of drug-likeness (QED) is 0.918.